The molecule has 1 aliphatic carbocycles. The summed E-state index contributed by atoms with van der Waals surface area (Å²) in [6.07, 6.45) is 4.43. The lowest BCUT2D eigenvalue weighted by Crippen LogP contribution is -2.30. The lowest BCUT2D eigenvalue weighted by atomic mass is 9.89. The normalized spacial score (nSPS) is 14.2. The Morgan fingerprint density at radius 1 is 1.05 bits per heavy atom. The molecule has 3 amide bonds. The van der Waals surface area contributed by atoms with Crippen LogP contribution in [0, 0.1) is 17.2 Å². The number of carbonyl (C=O) groups is 3. The quantitative estimate of drug-likeness (QED) is 0.129. The molecule has 1 unspecified atom stereocenters. The van der Waals surface area contributed by atoms with Gasteiger partial charge in [0.05, 0.1) is 11.3 Å². The summed E-state index contributed by atoms with van der Waals surface area (Å²) in [5, 5.41) is 19.4. The standard InChI is InChI=1S/C34H29ClN4O3S2/c1-21-10-15-27-28(19-36)34(44-30(27)16-21)39-31(40)20-43-26-9-5-8-25(18-26)37-33(42)29(17-22-11-13-24(35)14-12-22)38-32(41)23-6-3-2-4-7-23/h2-9,11-14,17-18,21H,10,15-16,20H2,1H3,(H,37,42)(H,38,41)(H,39,40)/b29-17+. The van der Waals surface area contributed by atoms with E-state index in [1.807, 2.05) is 6.07 Å². The summed E-state index contributed by atoms with van der Waals surface area (Å²) in [6, 6.07) is 24.9. The van der Waals surface area contributed by atoms with Gasteiger partial charge < -0.3 is 16.0 Å². The lowest BCUT2D eigenvalue weighted by Gasteiger charge is -2.17. The average molecular weight is 641 g/mol. The maximum atomic E-state index is 13.4. The molecule has 0 bridgehead atoms. The third-order valence-corrected chi connectivity index (χ3v) is 9.46. The summed E-state index contributed by atoms with van der Waals surface area (Å²) in [5.74, 6) is -0.426. The monoisotopic (exact) mass is 640 g/mol. The minimum absolute atomic E-state index is 0.0555. The van der Waals surface area contributed by atoms with E-state index in [0.717, 1.165) is 29.7 Å². The number of anilines is 2. The Morgan fingerprint density at radius 2 is 1.82 bits per heavy atom. The third kappa shape index (κ3) is 7.97. The first kappa shape index (κ1) is 31.1. The molecule has 10 heteroatoms. The van der Waals surface area contributed by atoms with E-state index in [2.05, 4.69) is 28.9 Å². The molecule has 0 aliphatic heterocycles. The number of benzene rings is 3. The van der Waals surface area contributed by atoms with E-state index in [4.69, 9.17) is 11.6 Å². The van der Waals surface area contributed by atoms with Crippen molar-refractivity contribution in [2.75, 3.05) is 16.4 Å². The van der Waals surface area contributed by atoms with E-state index in [1.54, 1.807) is 78.9 Å². The fourth-order valence-corrected chi connectivity index (χ4v) is 7.06. The van der Waals surface area contributed by atoms with Crippen molar-refractivity contribution in [3.63, 3.8) is 0 Å². The van der Waals surface area contributed by atoms with Gasteiger partial charge in [-0.15, -0.1) is 23.1 Å². The second kappa shape index (κ2) is 14.4. The molecule has 222 valence electrons. The fourth-order valence-electron chi connectivity index (χ4n) is 4.80. The van der Waals surface area contributed by atoms with Crippen LogP contribution in [0.4, 0.5) is 10.7 Å². The van der Waals surface area contributed by atoms with Crippen molar-refractivity contribution in [1.82, 2.24) is 5.32 Å². The highest BCUT2D eigenvalue weighted by atomic mass is 35.5. The molecule has 0 saturated carbocycles. The number of thiophene rings is 1. The molecule has 0 fully saturated rings. The van der Waals surface area contributed by atoms with Crippen LogP contribution in [0.3, 0.4) is 0 Å². The van der Waals surface area contributed by atoms with E-state index >= 15 is 0 Å². The summed E-state index contributed by atoms with van der Waals surface area (Å²) >= 11 is 8.84. The molecule has 3 aromatic carbocycles. The van der Waals surface area contributed by atoms with E-state index in [1.165, 1.54) is 28.0 Å². The van der Waals surface area contributed by atoms with Crippen LogP contribution >= 0.6 is 34.7 Å². The molecule has 0 spiro atoms. The minimum Gasteiger partial charge on any atom is -0.321 e. The zero-order valence-electron chi connectivity index (χ0n) is 23.9. The van der Waals surface area contributed by atoms with Crippen molar-refractivity contribution < 1.29 is 14.4 Å². The van der Waals surface area contributed by atoms with Gasteiger partial charge in [0.2, 0.25) is 5.91 Å². The molecule has 1 heterocycles. The second-order valence-electron chi connectivity index (χ2n) is 10.4. The van der Waals surface area contributed by atoms with Crippen LogP contribution in [0.5, 0.6) is 0 Å². The summed E-state index contributed by atoms with van der Waals surface area (Å²) in [4.78, 5) is 41.1. The van der Waals surface area contributed by atoms with Crippen molar-refractivity contribution >= 4 is 69.2 Å². The maximum absolute atomic E-state index is 13.4. The van der Waals surface area contributed by atoms with E-state index in [0.29, 0.717) is 38.3 Å². The van der Waals surface area contributed by atoms with Gasteiger partial charge in [-0.2, -0.15) is 5.26 Å². The fraction of sp³-hybridized carbons (Fsp3) is 0.176. The molecule has 4 aromatic rings. The molecular formula is C34H29ClN4O3S2. The van der Waals surface area contributed by atoms with Gasteiger partial charge in [-0.1, -0.05) is 54.9 Å². The number of carbonyl (C=O) groups excluding carboxylic acids is 3. The number of nitrogens with zero attached hydrogens (tertiary/aromatic N) is 1. The van der Waals surface area contributed by atoms with Gasteiger partial charge in [-0.05, 0) is 84.8 Å². The molecule has 0 radical (unpaired) electrons. The molecule has 1 aliphatic rings. The van der Waals surface area contributed by atoms with Gasteiger partial charge in [0, 0.05) is 26.0 Å². The van der Waals surface area contributed by atoms with Crippen LogP contribution in [-0.2, 0) is 22.4 Å². The number of rotatable bonds is 9. The first-order valence-electron chi connectivity index (χ1n) is 14.0. The van der Waals surface area contributed by atoms with E-state index < -0.39 is 11.8 Å². The summed E-state index contributed by atoms with van der Waals surface area (Å²) in [5.41, 5.74) is 3.32. The molecule has 0 saturated heterocycles. The van der Waals surface area contributed by atoms with Crippen LogP contribution in [-0.4, -0.2) is 23.5 Å². The smallest absolute Gasteiger partial charge is 0.272 e. The molecule has 7 nitrogen and oxygen atoms in total. The Labute approximate surface area is 269 Å². The number of thioether (sulfide) groups is 1. The zero-order valence-corrected chi connectivity index (χ0v) is 26.2. The Morgan fingerprint density at radius 3 is 2.57 bits per heavy atom. The maximum Gasteiger partial charge on any atom is 0.272 e. The first-order chi connectivity index (χ1) is 21.3. The first-order valence-corrected chi connectivity index (χ1v) is 16.2. The van der Waals surface area contributed by atoms with Crippen LogP contribution in [0.2, 0.25) is 5.02 Å². The highest BCUT2D eigenvalue weighted by Crippen LogP contribution is 2.39. The van der Waals surface area contributed by atoms with Crippen molar-refractivity contribution in [3.8, 4) is 6.07 Å². The average Bonchev–Trinajstić information content (AvgIpc) is 3.36. The van der Waals surface area contributed by atoms with E-state index in [-0.39, 0.29) is 17.4 Å². The number of amides is 3. The summed E-state index contributed by atoms with van der Waals surface area (Å²) < 4.78 is 0. The molecule has 44 heavy (non-hydrogen) atoms. The number of nitrogens with one attached hydrogen (secondary N) is 3. The number of halogens is 1. The van der Waals surface area contributed by atoms with Gasteiger partial charge in [-0.25, -0.2) is 0 Å². The van der Waals surface area contributed by atoms with Gasteiger partial charge >= 0.3 is 0 Å². The SMILES string of the molecule is CC1CCc2c(sc(NC(=O)CSc3cccc(NC(=O)/C(=C\c4ccc(Cl)cc4)NC(=O)c4ccccc4)c3)c2C#N)C1. The van der Waals surface area contributed by atoms with Crippen molar-refractivity contribution in [2.45, 2.75) is 31.1 Å². The van der Waals surface area contributed by atoms with Gasteiger partial charge in [-0.3, -0.25) is 14.4 Å². The van der Waals surface area contributed by atoms with Crippen molar-refractivity contribution in [2.24, 2.45) is 5.92 Å². The number of nitriles is 1. The summed E-state index contributed by atoms with van der Waals surface area (Å²) in [7, 11) is 0. The highest BCUT2D eigenvalue weighted by molar-refractivity contribution is 8.00. The van der Waals surface area contributed by atoms with Crippen molar-refractivity contribution in [3.05, 3.63) is 117 Å². The predicted octanol–water partition coefficient (Wildman–Crippen LogP) is 7.54. The van der Waals surface area contributed by atoms with E-state index in [9.17, 15) is 19.6 Å². The lowest BCUT2D eigenvalue weighted by molar-refractivity contribution is -0.114. The Kier molecular flexibility index (Phi) is 10.2. The molecule has 1 aromatic heterocycles. The third-order valence-electron chi connectivity index (χ3n) is 7.05. The van der Waals surface area contributed by atoms with Gasteiger partial charge in [0.25, 0.3) is 11.8 Å². The van der Waals surface area contributed by atoms with Crippen LogP contribution in [0.1, 0.15) is 45.3 Å². The Hall–Kier alpha value is -4.36. The number of hydrogen-bond donors (Lipinski definition) is 3. The van der Waals surface area contributed by atoms with Crippen LogP contribution < -0.4 is 16.0 Å². The zero-order chi connectivity index (χ0) is 31.1. The van der Waals surface area contributed by atoms with Crippen molar-refractivity contribution in [1.29, 1.82) is 5.26 Å². The Balaban J connectivity index is 1.25. The molecule has 1 atom stereocenters. The molecule has 3 N–H and O–H groups in total. The number of fused-ring (bicyclic) bond motifs is 1. The summed E-state index contributed by atoms with van der Waals surface area (Å²) in [6.45, 7) is 2.21. The minimum atomic E-state index is -0.510. The highest BCUT2D eigenvalue weighted by Gasteiger charge is 2.24. The molecule has 5 rings (SSSR count). The van der Waals surface area contributed by atoms with Gasteiger partial charge in [0.15, 0.2) is 0 Å². The predicted molar refractivity (Wildman–Crippen MR) is 178 cm³/mol. The Bertz CT molecular complexity index is 1760. The number of hydrogen-bond acceptors (Lipinski definition) is 6. The van der Waals surface area contributed by atoms with Crippen LogP contribution in [0.25, 0.3) is 6.08 Å². The largest absolute Gasteiger partial charge is 0.321 e. The topological polar surface area (TPSA) is 111 Å². The molecular weight excluding hydrogens is 612 g/mol. The second-order valence-corrected chi connectivity index (χ2v) is 13.0. The van der Waals surface area contributed by atoms with Crippen LogP contribution in [0.15, 0.2) is 89.5 Å². The van der Waals surface area contributed by atoms with Gasteiger partial charge in [0.1, 0.15) is 16.8 Å².